The first-order valence-electron chi connectivity index (χ1n) is 6.21. The molecule has 2 N–H and O–H groups in total. The molecular weight excluding hydrogens is 218 g/mol. The zero-order chi connectivity index (χ0) is 13.2. The highest BCUT2D eigenvalue weighted by Gasteiger charge is 2.41. The van der Waals surface area contributed by atoms with Crippen molar-refractivity contribution < 1.29 is 14.7 Å². The lowest BCUT2D eigenvalue weighted by Crippen LogP contribution is -2.39. The minimum atomic E-state index is -0.842. The molecule has 0 aromatic carbocycles. The molecular formula is C13H23NO3. The molecule has 1 aliphatic rings. The third kappa shape index (κ3) is 4.02. The van der Waals surface area contributed by atoms with Crippen molar-refractivity contribution in [3.63, 3.8) is 0 Å². The monoisotopic (exact) mass is 241 g/mol. The van der Waals surface area contributed by atoms with E-state index in [4.69, 9.17) is 5.11 Å². The maximum atomic E-state index is 12.0. The third-order valence-electron chi connectivity index (χ3n) is 3.25. The molecule has 17 heavy (non-hydrogen) atoms. The number of amides is 1. The number of aliphatic carboxylic acids is 1. The van der Waals surface area contributed by atoms with Gasteiger partial charge in [-0.05, 0) is 24.2 Å². The van der Waals surface area contributed by atoms with Crippen molar-refractivity contribution in [3.05, 3.63) is 0 Å². The van der Waals surface area contributed by atoms with Gasteiger partial charge in [0.25, 0.3) is 0 Å². The average molecular weight is 241 g/mol. The van der Waals surface area contributed by atoms with Crippen LogP contribution in [0.2, 0.25) is 0 Å². The molecule has 1 amide bonds. The second-order valence-electron chi connectivity index (χ2n) is 6.41. The van der Waals surface area contributed by atoms with E-state index in [2.05, 4.69) is 5.32 Å². The molecule has 0 aromatic rings. The normalized spacial score (nSPS) is 29.1. The molecule has 3 atom stereocenters. The Morgan fingerprint density at radius 3 is 2.24 bits per heavy atom. The van der Waals surface area contributed by atoms with Gasteiger partial charge in [0, 0.05) is 6.54 Å². The molecule has 1 saturated carbocycles. The molecule has 1 rings (SSSR count). The van der Waals surface area contributed by atoms with Gasteiger partial charge >= 0.3 is 5.97 Å². The Morgan fingerprint density at radius 2 is 1.76 bits per heavy atom. The van der Waals surface area contributed by atoms with Crippen molar-refractivity contribution in [2.45, 2.75) is 40.5 Å². The summed E-state index contributed by atoms with van der Waals surface area (Å²) in [5.41, 5.74) is 0.0264. The van der Waals surface area contributed by atoms with Crippen LogP contribution < -0.4 is 5.32 Å². The summed E-state index contributed by atoms with van der Waals surface area (Å²) in [5.74, 6) is -1.49. The molecule has 0 radical (unpaired) electrons. The topological polar surface area (TPSA) is 66.4 Å². The lowest BCUT2D eigenvalue weighted by molar-refractivity contribution is -0.146. The molecule has 0 aromatic heterocycles. The van der Waals surface area contributed by atoms with Gasteiger partial charge < -0.3 is 10.4 Å². The summed E-state index contributed by atoms with van der Waals surface area (Å²) < 4.78 is 0. The van der Waals surface area contributed by atoms with Crippen molar-refractivity contribution in [3.8, 4) is 0 Å². The van der Waals surface area contributed by atoms with E-state index in [9.17, 15) is 9.59 Å². The van der Waals surface area contributed by atoms with E-state index in [1.54, 1.807) is 0 Å². The van der Waals surface area contributed by atoms with Crippen LogP contribution in [0.4, 0.5) is 0 Å². The number of carbonyl (C=O) groups is 2. The first-order valence-corrected chi connectivity index (χ1v) is 6.21. The van der Waals surface area contributed by atoms with Gasteiger partial charge in [-0.15, -0.1) is 0 Å². The number of carboxylic acid groups (broad SMARTS) is 1. The summed E-state index contributed by atoms with van der Waals surface area (Å²) in [7, 11) is 0. The highest BCUT2D eigenvalue weighted by molar-refractivity contribution is 5.85. The van der Waals surface area contributed by atoms with Crippen LogP contribution in [0, 0.1) is 23.2 Å². The van der Waals surface area contributed by atoms with E-state index in [0.717, 1.165) is 0 Å². The number of hydrogen-bond acceptors (Lipinski definition) is 2. The molecule has 4 heteroatoms. The van der Waals surface area contributed by atoms with Crippen LogP contribution in [-0.4, -0.2) is 23.5 Å². The molecule has 0 bridgehead atoms. The largest absolute Gasteiger partial charge is 0.481 e. The minimum absolute atomic E-state index is 0.0264. The summed E-state index contributed by atoms with van der Waals surface area (Å²) in [6.07, 6.45) is 1.30. The summed E-state index contributed by atoms with van der Waals surface area (Å²) in [4.78, 5) is 23.1. The molecule has 0 spiro atoms. The van der Waals surface area contributed by atoms with E-state index < -0.39 is 11.9 Å². The lowest BCUT2D eigenvalue weighted by Gasteiger charge is -2.21. The van der Waals surface area contributed by atoms with Crippen LogP contribution in [0.3, 0.4) is 0 Å². The maximum Gasteiger partial charge on any atom is 0.307 e. The van der Waals surface area contributed by atoms with Crippen molar-refractivity contribution in [2.75, 3.05) is 6.54 Å². The summed E-state index contributed by atoms with van der Waals surface area (Å²) in [6.45, 7) is 8.72. The van der Waals surface area contributed by atoms with Crippen molar-refractivity contribution >= 4 is 11.9 Å². The molecule has 0 saturated heterocycles. The Bertz CT molecular complexity index is 306. The standard InChI is InChI=1S/C13H23NO3/c1-8-5-9(10(6-8)12(16)17)11(15)14-7-13(2,3)4/h8-10H,5-7H2,1-4H3,(H,14,15)(H,16,17)/t8?,9-,10+/m0/s1. The minimum Gasteiger partial charge on any atom is -0.481 e. The fraction of sp³-hybridized carbons (Fsp3) is 0.846. The predicted molar refractivity (Wildman–Crippen MR) is 65.5 cm³/mol. The van der Waals surface area contributed by atoms with Crippen LogP contribution >= 0.6 is 0 Å². The SMILES string of the molecule is CC1C[C@H](C(=O)NCC(C)(C)C)[C@H](C(=O)O)C1. The van der Waals surface area contributed by atoms with Crippen LogP contribution in [0.5, 0.6) is 0 Å². The molecule has 1 unspecified atom stereocenters. The van der Waals surface area contributed by atoms with Crippen LogP contribution in [0.1, 0.15) is 40.5 Å². The molecule has 0 heterocycles. The maximum absolute atomic E-state index is 12.0. The average Bonchev–Trinajstić information content (AvgIpc) is 2.55. The fourth-order valence-corrected chi connectivity index (χ4v) is 2.34. The number of nitrogens with one attached hydrogen (secondary N) is 1. The van der Waals surface area contributed by atoms with Crippen molar-refractivity contribution in [1.82, 2.24) is 5.32 Å². The number of carboxylic acids is 1. The molecule has 1 aliphatic carbocycles. The highest BCUT2D eigenvalue weighted by atomic mass is 16.4. The van der Waals surface area contributed by atoms with Gasteiger partial charge in [-0.3, -0.25) is 9.59 Å². The molecule has 4 nitrogen and oxygen atoms in total. The second kappa shape index (κ2) is 5.07. The predicted octanol–water partition coefficient (Wildman–Crippen LogP) is 1.90. The van der Waals surface area contributed by atoms with Gasteiger partial charge in [-0.2, -0.15) is 0 Å². The van der Waals surface area contributed by atoms with Crippen LogP contribution in [-0.2, 0) is 9.59 Å². The number of hydrogen-bond donors (Lipinski definition) is 2. The Kier molecular flexibility index (Phi) is 4.17. The smallest absolute Gasteiger partial charge is 0.307 e. The van der Waals surface area contributed by atoms with E-state index in [1.165, 1.54) is 0 Å². The van der Waals surface area contributed by atoms with Gasteiger partial charge in [0.1, 0.15) is 0 Å². The van der Waals surface area contributed by atoms with Gasteiger partial charge in [0.05, 0.1) is 11.8 Å². The summed E-state index contributed by atoms with van der Waals surface area (Å²) >= 11 is 0. The Balaban J connectivity index is 2.59. The zero-order valence-electron chi connectivity index (χ0n) is 11.1. The summed E-state index contributed by atoms with van der Waals surface area (Å²) in [6, 6.07) is 0. The first-order chi connectivity index (χ1) is 7.70. The van der Waals surface area contributed by atoms with E-state index >= 15 is 0 Å². The quantitative estimate of drug-likeness (QED) is 0.793. The van der Waals surface area contributed by atoms with Gasteiger partial charge in [-0.1, -0.05) is 27.7 Å². The van der Waals surface area contributed by atoms with Gasteiger partial charge in [0.15, 0.2) is 0 Å². The lowest BCUT2D eigenvalue weighted by atomic mass is 9.93. The number of rotatable bonds is 3. The van der Waals surface area contributed by atoms with E-state index in [1.807, 2.05) is 27.7 Å². The Labute approximate surface area is 103 Å². The molecule has 98 valence electrons. The highest BCUT2D eigenvalue weighted by Crippen LogP contribution is 2.36. The number of carbonyl (C=O) groups excluding carboxylic acids is 1. The Hall–Kier alpha value is -1.06. The Morgan fingerprint density at radius 1 is 1.24 bits per heavy atom. The first kappa shape index (κ1) is 14.0. The van der Waals surface area contributed by atoms with Gasteiger partial charge in [-0.25, -0.2) is 0 Å². The van der Waals surface area contributed by atoms with E-state index in [-0.39, 0.29) is 17.2 Å². The van der Waals surface area contributed by atoms with E-state index in [0.29, 0.717) is 25.3 Å². The summed E-state index contributed by atoms with van der Waals surface area (Å²) in [5, 5.41) is 12.0. The van der Waals surface area contributed by atoms with Crippen LogP contribution in [0.15, 0.2) is 0 Å². The van der Waals surface area contributed by atoms with Crippen molar-refractivity contribution in [2.24, 2.45) is 23.2 Å². The van der Waals surface area contributed by atoms with Crippen LogP contribution in [0.25, 0.3) is 0 Å². The third-order valence-corrected chi connectivity index (χ3v) is 3.25. The van der Waals surface area contributed by atoms with Gasteiger partial charge in [0.2, 0.25) is 5.91 Å². The van der Waals surface area contributed by atoms with Crippen molar-refractivity contribution in [1.29, 1.82) is 0 Å². The zero-order valence-corrected chi connectivity index (χ0v) is 11.1. The fourth-order valence-electron chi connectivity index (χ4n) is 2.34. The second-order valence-corrected chi connectivity index (χ2v) is 6.41. The molecule has 0 aliphatic heterocycles. The molecule has 1 fully saturated rings.